The molecule has 1 N–H and O–H groups in total. The van der Waals surface area contributed by atoms with Crippen LogP contribution in [0, 0.1) is 0 Å². The Hall–Kier alpha value is -3.71. The van der Waals surface area contributed by atoms with Gasteiger partial charge in [0.05, 0.1) is 37.1 Å². The van der Waals surface area contributed by atoms with Crippen LogP contribution < -0.4 is 10.1 Å². The van der Waals surface area contributed by atoms with Gasteiger partial charge >= 0.3 is 0 Å². The van der Waals surface area contributed by atoms with Gasteiger partial charge in [-0.05, 0) is 60.7 Å². The van der Waals surface area contributed by atoms with Crippen molar-refractivity contribution in [2.24, 2.45) is 0 Å². The predicted molar refractivity (Wildman–Crippen MR) is 128 cm³/mol. The lowest BCUT2D eigenvalue weighted by molar-refractivity contribution is 0.299. The summed E-state index contributed by atoms with van der Waals surface area (Å²) in [6, 6.07) is 24.0. The van der Waals surface area contributed by atoms with E-state index in [4.69, 9.17) is 17.0 Å². The van der Waals surface area contributed by atoms with Gasteiger partial charge in [-0.25, -0.2) is 0 Å². The molecule has 2 atom stereocenters. The van der Waals surface area contributed by atoms with Crippen molar-refractivity contribution in [1.82, 2.24) is 24.8 Å². The molecule has 4 heterocycles. The van der Waals surface area contributed by atoms with Gasteiger partial charge in [0.1, 0.15) is 5.75 Å². The smallest absolute Gasteiger partial charge is 0.170 e. The largest absolute Gasteiger partial charge is 0.497 e. The lowest BCUT2D eigenvalue weighted by atomic mass is 10.0. The molecule has 1 aromatic carbocycles. The fraction of sp³-hybridized carbons (Fsp3) is 0.160. The number of nitrogens with one attached hydrogen (secondary N) is 1. The minimum Gasteiger partial charge on any atom is -0.497 e. The van der Waals surface area contributed by atoms with Crippen LogP contribution in [0.5, 0.6) is 5.75 Å². The molecule has 3 aromatic heterocycles. The average molecular weight is 442 g/mol. The Morgan fingerprint density at radius 2 is 1.81 bits per heavy atom. The fourth-order valence-corrected chi connectivity index (χ4v) is 4.50. The molecule has 0 amide bonds. The van der Waals surface area contributed by atoms with Crippen LogP contribution in [0.3, 0.4) is 0 Å². The van der Waals surface area contributed by atoms with E-state index in [2.05, 4.69) is 49.1 Å². The van der Waals surface area contributed by atoms with Crippen LogP contribution in [0.25, 0.3) is 5.69 Å². The summed E-state index contributed by atoms with van der Waals surface area (Å²) >= 11 is 5.80. The first-order valence-corrected chi connectivity index (χ1v) is 10.8. The number of hydrogen-bond acceptors (Lipinski definition) is 4. The van der Waals surface area contributed by atoms with Crippen molar-refractivity contribution in [2.75, 3.05) is 7.11 Å². The number of aromatic nitrogens is 3. The van der Waals surface area contributed by atoms with Crippen molar-refractivity contribution in [3.63, 3.8) is 0 Å². The number of benzene rings is 1. The summed E-state index contributed by atoms with van der Waals surface area (Å²) in [5.74, 6) is 0.814. The highest BCUT2D eigenvalue weighted by Crippen LogP contribution is 2.40. The fourth-order valence-electron chi connectivity index (χ4n) is 4.19. The van der Waals surface area contributed by atoms with Crippen molar-refractivity contribution in [3.05, 3.63) is 108 Å². The Bertz CT molecular complexity index is 1210. The lowest BCUT2D eigenvalue weighted by Crippen LogP contribution is -2.30. The Kier molecular flexibility index (Phi) is 5.56. The van der Waals surface area contributed by atoms with Gasteiger partial charge in [0, 0.05) is 36.0 Å². The molecule has 32 heavy (non-hydrogen) atoms. The SMILES string of the molecule is COc1cccc(-n2cccc2[C@H]2[C@@H](c3ccccn3)NC(=S)N2Cc2ccccn2)c1. The minimum atomic E-state index is -0.0910. The van der Waals surface area contributed by atoms with Crippen LogP contribution >= 0.6 is 12.2 Å². The molecule has 0 unspecified atom stereocenters. The zero-order chi connectivity index (χ0) is 21.9. The molecule has 0 bridgehead atoms. The Balaban J connectivity index is 1.60. The lowest BCUT2D eigenvalue weighted by Gasteiger charge is -2.28. The van der Waals surface area contributed by atoms with Crippen LogP contribution in [0.1, 0.15) is 29.2 Å². The Morgan fingerprint density at radius 1 is 0.969 bits per heavy atom. The summed E-state index contributed by atoms with van der Waals surface area (Å²) in [7, 11) is 1.68. The third-order valence-electron chi connectivity index (χ3n) is 5.67. The zero-order valence-corrected chi connectivity index (χ0v) is 18.4. The van der Waals surface area contributed by atoms with Gasteiger partial charge in [-0.15, -0.1) is 0 Å². The maximum atomic E-state index is 5.80. The number of methoxy groups -OCH3 is 1. The van der Waals surface area contributed by atoms with Crippen molar-refractivity contribution >= 4 is 17.3 Å². The van der Waals surface area contributed by atoms with E-state index in [9.17, 15) is 0 Å². The van der Waals surface area contributed by atoms with Crippen LogP contribution in [-0.2, 0) is 6.54 Å². The molecule has 1 fully saturated rings. The molecular weight excluding hydrogens is 418 g/mol. The number of nitrogens with zero attached hydrogens (tertiary/aromatic N) is 4. The third kappa shape index (κ3) is 3.83. The molecule has 0 radical (unpaired) electrons. The summed E-state index contributed by atoms with van der Waals surface area (Å²) in [5.41, 5.74) is 4.04. The highest BCUT2D eigenvalue weighted by atomic mass is 32.1. The summed E-state index contributed by atoms with van der Waals surface area (Å²) in [6.45, 7) is 0.601. The van der Waals surface area contributed by atoms with E-state index in [0.29, 0.717) is 11.7 Å². The van der Waals surface area contributed by atoms with Crippen molar-refractivity contribution < 1.29 is 4.74 Å². The topological polar surface area (TPSA) is 55.2 Å². The Morgan fingerprint density at radius 3 is 2.56 bits per heavy atom. The van der Waals surface area contributed by atoms with Gasteiger partial charge in [-0.2, -0.15) is 0 Å². The van der Waals surface area contributed by atoms with Gasteiger partial charge < -0.3 is 19.5 Å². The second-order valence-corrected chi connectivity index (χ2v) is 7.97. The van der Waals surface area contributed by atoms with Gasteiger partial charge in [0.2, 0.25) is 0 Å². The van der Waals surface area contributed by atoms with Crippen LogP contribution in [0.4, 0.5) is 0 Å². The Labute approximate surface area is 192 Å². The number of ether oxygens (including phenoxy) is 1. The van der Waals surface area contributed by atoms with Gasteiger partial charge in [0.25, 0.3) is 0 Å². The predicted octanol–water partition coefficient (Wildman–Crippen LogP) is 4.45. The first-order valence-electron chi connectivity index (χ1n) is 10.4. The highest BCUT2D eigenvalue weighted by molar-refractivity contribution is 7.80. The van der Waals surface area contributed by atoms with Gasteiger partial charge in [-0.3, -0.25) is 9.97 Å². The molecule has 0 spiro atoms. The molecule has 1 saturated heterocycles. The van der Waals surface area contributed by atoms with E-state index in [0.717, 1.165) is 28.5 Å². The molecule has 6 nitrogen and oxygen atoms in total. The monoisotopic (exact) mass is 441 g/mol. The second-order valence-electron chi connectivity index (χ2n) is 7.58. The normalized spacial score (nSPS) is 17.9. The molecule has 0 saturated carbocycles. The zero-order valence-electron chi connectivity index (χ0n) is 17.6. The van der Waals surface area contributed by atoms with Crippen LogP contribution in [-0.4, -0.2) is 31.7 Å². The number of hydrogen-bond donors (Lipinski definition) is 1. The van der Waals surface area contributed by atoms with E-state index < -0.39 is 0 Å². The van der Waals surface area contributed by atoms with Crippen molar-refractivity contribution in [2.45, 2.75) is 18.6 Å². The quantitative estimate of drug-likeness (QED) is 0.446. The molecule has 5 rings (SSSR count). The average Bonchev–Trinajstić information content (AvgIpc) is 3.45. The molecule has 4 aromatic rings. The minimum absolute atomic E-state index is 0.0689. The van der Waals surface area contributed by atoms with E-state index >= 15 is 0 Å². The molecule has 7 heteroatoms. The van der Waals surface area contributed by atoms with Crippen LogP contribution in [0.15, 0.2) is 91.4 Å². The first-order chi connectivity index (χ1) is 15.7. The van der Waals surface area contributed by atoms with Crippen molar-refractivity contribution in [1.29, 1.82) is 0 Å². The molecular formula is C25H23N5OS. The maximum absolute atomic E-state index is 5.80. The summed E-state index contributed by atoms with van der Waals surface area (Å²) in [5, 5.41) is 4.20. The number of pyridine rings is 2. The van der Waals surface area contributed by atoms with Crippen LogP contribution in [0.2, 0.25) is 0 Å². The molecule has 160 valence electrons. The van der Waals surface area contributed by atoms with E-state index in [-0.39, 0.29) is 12.1 Å². The highest BCUT2D eigenvalue weighted by Gasteiger charge is 2.41. The first kappa shape index (κ1) is 20.2. The van der Waals surface area contributed by atoms with Gasteiger partial charge in [0.15, 0.2) is 5.11 Å². The van der Waals surface area contributed by atoms with Crippen molar-refractivity contribution in [3.8, 4) is 11.4 Å². The van der Waals surface area contributed by atoms with E-state index in [1.165, 1.54) is 0 Å². The standard InChI is InChI=1S/C25H23N5OS/c1-31-20-10-6-9-19(16-20)29-15-7-12-22(29)24-23(21-11-3-5-14-27-21)28-25(32)30(24)17-18-8-2-4-13-26-18/h2-16,23-24H,17H2,1H3,(H,28,32)/t23-,24+/m1/s1. The summed E-state index contributed by atoms with van der Waals surface area (Å²) in [4.78, 5) is 11.4. The second kappa shape index (κ2) is 8.80. The summed E-state index contributed by atoms with van der Waals surface area (Å²) < 4.78 is 7.64. The third-order valence-corrected chi connectivity index (χ3v) is 6.02. The number of rotatable bonds is 6. The van der Waals surface area contributed by atoms with E-state index in [1.807, 2.05) is 67.0 Å². The number of thiocarbonyl (C=S) groups is 1. The van der Waals surface area contributed by atoms with E-state index in [1.54, 1.807) is 7.11 Å². The molecule has 1 aliphatic rings. The maximum Gasteiger partial charge on any atom is 0.170 e. The molecule has 0 aliphatic carbocycles. The molecule has 1 aliphatic heterocycles. The van der Waals surface area contributed by atoms with Gasteiger partial charge in [-0.1, -0.05) is 18.2 Å². The summed E-state index contributed by atoms with van der Waals surface area (Å²) in [6.07, 6.45) is 5.70.